The minimum atomic E-state index is -0.679. The van der Waals surface area contributed by atoms with Gasteiger partial charge in [0.05, 0.1) is 6.61 Å². The van der Waals surface area contributed by atoms with E-state index in [1.807, 2.05) is 12.1 Å². The average molecular weight is 296 g/mol. The number of unbranched alkanes of at least 4 members (excludes halogenated alkanes) is 3. The molecule has 0 aliphatic rings. The molecular formula is C16H24O3S. The summed E-state index contributed by atoms with van der Waals surface area (Å²) in [6, 6.07) is 5.18. The molecule has 0 aliphatic heterocycles. The molecule has 0 spiro atoms. The number of aromatic hydroxyl groups is 1. The average Bonchev–Trinajstić information content (AvgIpc) is 2.40. The van der Waals surface area contributed by atoms with Crippen LogP contribution in [0.2, 0.25) is 0 Å². The zero-order valence-electron chi connectivity index (χ0n) is 12.1. The van der Waals surface area contributed by atoms with Crippen LogP contribution in [-0.2, 0) is 17.2 Å². The van der Waals surface area contributed by atoms with Gasteiger partial charge in [-0.15, -0.1) is 6.58 Å². The van der Waals surface area contributed by atoms with Crippen molar-refractivity contribution < 1.29 is 14.1 Å². The smallest absolute Gasteiger partial charge is 0.126 e. The van der Waals surface area contributed by atoms with Crippen molar-refractivity contribution in [1.29, 1.82) is 0 Å². The van der Waals surface area contributed by atoms with Crippen molar-refractivity contribution in [2.45, 2.75) is 32.1 Å². The zero-order chi connectivity index (χ0) is 14.8. The van der Waals surface area contributed by atoms with Crippen LogP contribution in [0.25, 0.3) is 0 Å². The van der Waals surface area contributed by atoms with Crippen LogP contribution in [0.4, 0.5) is 0 Å². The van der Waals surface area contributed by atoms with Gasteiger partial charge in [-0.1, -0.05) is 25.0 Å². The standard InChI is InChI=1S/C16H24O3S/c1-3-8-14-9-10-15(17)13-16(14)19-11-6-4-5-7-12-20(2)18/h3,9-10,13,17H,1,4-8,11-12H2,2H3. The fraction of sp³-hybridized carbons (Fsp3) is 0.500. The lowest BCUT2D eigenvalue weighted by molar-refractivity contribution is 0.301. The molecule has 1 rings (SSSR count). The summed E-state index contributed by atoms with van der Waals surface area (Å²) in [4.78, 5) is 0. The third-order valence-electron chi connectivity index (χ3n) is 3.00. The second kappa shape index (κ2) is 9.59. The molecule has 0 heterocycles. The van der Waals surface area contributed by atoms with Crippen LogP contribution in [0, 0.1) is 0 Å². The molecule has 1 aromatic carbocycles. The Hall–Kier alpha value is -1.29. The predicted octanol–water partition coefficient (Wildman–Crippen LogP) is 3.44. The fourth-order valence-electron chi connectivity index (χ4n) is 1.94. The lowest BCUT2D eigenvalue weighted by Crippen LogP contribution is -2.01. The Morgan fingerprint density at radius 1 is 1.30 bits per heavy atom. The molecular weight excluding hydrogens is 272 g/mol. The van der Waals surface area contributed by atoms with Gasteiger partial charge in [0.25, 0.3) is 0 Å². The maximum Gasteiger partial charge on any atom is 0.126 e. The summed E-state index contributed by atoms with van der Waals surface area (Å²) >= 11 is 0. The first-order chi connectivity index (χ1) is 9.63. The van der Waals surface area contributed by atoms with Gasteiger partial charge in [-0.25, -0.2) is 0 Å². The Morgan fingerprint density at radius 2 is 2.05 bits per heavy atom. The molecule has 0 saturated carbocycles. The quantitative estimate of drug-likeness (QED) is 0.531. The van der Waals surface area contributed by atoms with Crippen LogP contribution >= 0.6 is 0 Å². The molecule has 0 saturated heterocycles. The van der Waals surface area contributed by atoms with Gasteiger partial charge in [0.2, 0.25) is 0 Å². The number of hydrogen-bond donors (Lipinski definition) is 1. The van der Waals surface area contributed by atoms with Crippen molar-refractivity contribution in [2.75, 3.05) is 18.6 Å². The number of ether oxygens (including phenoxy) is 1. The largest absolute Gasteiger partial charge is 0.508 e. The highest BCUT2D eigenvalue weighted by Gasteiger charge is 2.04. The number of allylic oxidation sites excluding steroid dienone is 1. The van der Waals surface area contributed by atoms with Crippen LogP contribution in [0.5, 0.6) is 11.5 Å². The Labute approximate surface area is 124 Å². The van der Waals surface area contributed by atoms with Gasteiger partial charge in [-0.2, -0.15) is 0 Å². The predicted molar refractivity (Wildman–Crippen MR) is 84.9 cm³/mol. The van der Waals surface area contributed by atoms with E-state index in [9.17, 15) is 9.32 Å². The van der Waals surface area contributed by atoms with Crippen molar-refractivity contribution >= 4 is 10.8 Å². The fourth-order valence-corrected chi connectivity index (χ4v) is 2.56. The third kappa shape index (κ3) is 6.75. The lowest BCUT2D eigenvalue weighted by atomic mass is 10.1. The van der Waals surface area contributed by atoms with E-state index in [0.717, 1.165) is 49.2 Å². The molecule has 0 fully saturated rings. The molecule has 0 radical (unpaired) electrons. The van der Waals surface area contributed by atoms with E-state index in [4.69, 9.17) is 4.74 Å². The summed E-state index contributed by atoms with van der Waals surface area (Å²) in [6.45, 7) is 4.36. The summed E-state index contributed by atoms with van der Waals surface area (Å²) in [7, 11) is -0.679. The van der Waals surface area contributed by atoms with Crippen molar-refractivity contribution in [3.63, 3.8) is 0 Å². The minimum Gasteiger partial charge on any atom is -0.508 e. The number of benzene rings is 1. The summed E-state index contributed by atoms with van der Waals surface area (Å²) < 4.78 is 16.6. The summed E-state index contributed by atoms with van der Waals surface area (Å²) in [6.07, 6.45) is 8.44. The highest BCUT2D eigenvalue weighted by molar-refractivity contribution is 7.84. The summed E-state index contributed by atoms with van der Waals surface area (Å²) in [5.41, 5.74) is 1.04. The molecule has 0 amide bonds. The molecule has 3 nitrogen and oxygen atoms in total. The molecule has 20 heavy (non-hydrogen) atoms. The van der Waals surface area contributed by atoms with Crippen LogP contribution in [0.15, 0.2) is 30.9 Å². The van der Waals surface area contributed by atoms with E-state index < -0.39 is 10.8 Å². The zero-order valence-corrected chi connectivity index (χ0v) is 13.0. The van der Waals surface area contributed by atoms with Crippen molar-refractivity contribution in [1.82, 2.24) is 0 Å². The van der Waals surface area contributed by atoms with Crippen LogP contribution < -0.4 is 4.74 Å². The highest BCUT2D eigenvalue weighted by Crippen LogP contribution is 2.25. The minimum absolute atomic E-state index is 0.221. The number of rotatable bonds is 10. The van der Waals surface area contributed by atoms with Gasteiger partial charge < -0.3 is 9.84 Å². The van der Waals surface area contributed by atoms with Crippen molar-refractivity contribution in [3.05, 3.63) is 36.4 Å². The van der Waals surface area contributed by atoms with Gasteiger partial charge in [-0.3, -0.25) is 4.21 Å². The Morgan fingerprint density at radius 3 is 2.75 bits per heavy atom. The van der Waals surface area contributed by atoms with E-state index in [1.54, 1.807) is 18.4 Å². The SMILES string of the molecule is C=CCc1ccc(O)cc1OCCCCCCS(C)=O. The molecule has 0 aliphatic carbocycles. The van der Waals surface area contributed by atoms with Gasteiger partial charge >= 0.3 is 0 Å². The molecule has 112 valence electrons. The van der Waals surface area contributed by atoms with Crippen LogP contribution in [0.3, 0.4) is 0 Å². The van der Waals surface area contributed by atoms with Gasteiger partial charge in [0.1, 0.15) is 11.5 Å². The first kappa shape index (κ1) is 16.8. The van der Waals surface area contributed by atoms with Crippen LogP contribution in [-0.4, -0.2) is 27.9 Å². The second-order valence-electron chi connectivity index (χ2n) is 4.82. The third-order valence-corrected chi connectivity index (χ3v) is 3.86. The molecule has 1 unspecified atom stereocenters. The lowest BCUT2D eigenvalue weighted by Gasteiger charge is -2.11. The Balaban J connectivity index is 2.29. The van der Waals surface area contributed by atoms with Crippen molar-refractivity contribution in [3.8, 4) is 11.5 Å². The molecule has 0 aromatic heterocycles. The van der Waals surface area contributed by atoms with E-state index in [2.05, 4.69) is 6.58 Å². The number of hydrogen-bond acceptors (Lipinski definition) is 3. The molecule has 4 heteroatoms. The first-order valence-electron chi connectivity index (χ1n) is 6.99. The first-order valence-corrected chi connectivity index (χ1v) is 8.72. The van der Waals surface area contributed by atoms with E-state index in [1.165, 1.54) is 0 Å². The van der Waals surface area contributed by atoms with E-state index in [-0.39, 0.29) is 5.75 Å². The van der Waals surface area contributed by atoms with Crippen LogP contribution in [0.1, 0.15) is 31.2 Å². The normalized spacial score (nSPS) is 12.1. The summed E-state index contributed by atoms with van der Waals surface area (Å²) in [5.74, 6) is 1.74. The monoisotopic (exact) mass is 296 g/mol. The number of phenols is 1. The van der Waals surface area contributed by atoms with E-state index in [0.29, 0.717) is 6.61 Å². The Bertz CT molecular complexity index is 443. The Kier molecular flexibility index (Phi) is 8.04. The second-order valence-corrected chi connectivity index (χ2v) is 6.38. The maximum atomic E-state index is 10.9. The molecule has 0 bridgehead atoms. The number of phenolic OH excluding ortho intramolecular Hbond substituents is 1. The van der Waals surface area contributed by atoms with Gasteiger partial charge in [0.15, 0.2) is 0 Å². The maximum absolute atomic E-state index is 10.9. The van der Waals surface area contributed by atoms with Gasteiger partial charge in [-0.05, 0) is 30.9 Å². The molecule has 1 aromatic rings. The summed E-state index contributed by atoms with van der Waals surface area (Å²) in [5, 5.41) is 9.50. The van der Waals surface area contributed by atoms with Crippen molar-refractivity contribution in [2.24, 2.45) is 0 Å². The van der Waals surface area contributed by atoms with Gasteiger partial charge in [0, 0.05) is 28.9 Å². The topological polar surface area (TPSA) is 46.5 Å². The highest BCUT2D eigenvalue weighted by atomic mass is 32.2. The van der Waals surface area contributed by atoms with E-state index >= 15 is 0 Å². The molecule has 1 N–H and O–H groups in total. The molecule has 1 atom stereocenters.